The Morgan fingerprint density at radius 1 is 1.20 bits per heavy atom. The molecule has 0 saturated heterocycles. The number of nitrogens with two attached hydrogens (primary N) is 1. The van der Waals surface area contributed by atoms with E-state index < -0.39 is 0 Å². The minimum Gasteiger partial charge on any atom is -0.409 e. The van der Waals surface area contributed by atoms with Crippen LogP contribution < -0.4 is 5.73 Å². The van der Waals surface area contributed by atoms with Gasteiger partial charge in [-0.3, -0.25) is 0 Å². The quantitative estimate of drug-likeness (QED) is 0.393. The third kappa shape index (κ3) is 2.93. The van der Waals surface area contributed by atoms with E-state index in [2.05, 4.69) is 10.1 Å². The maximum absolute atomic E-state index is 8.95. The molecule has 0 aliphatic rings. The van der Waals surface area contributed by atoms with Crippen molar-refractivity contribution < 1.29 is 5.21 Å². The standard InChI is InChI=1S/C15H17N3OS/c1-9-6-4-5-7-12(9)20-15-13(14(16)18-19)10(2)8-11(3)17-15/h4-8,19H,1-3H3,(H2,16,18). The van der Waals surface area contributed by atoms with Crippen LogP contribution in [0.4, 0.5) is 0 Å². The van der Waals surface area contributed by atoms with Gasteiger partial charge in [0.2, 0.25) is 0 Å². The van der Waals surface area contributed by atoms with E-state index in [-0.39, 0.29) is 5.84 Å². The van der Waals surface area contributed by atoms with Crippen LogP contribution in [0.15, 0.2) is 45.4 Å². The summed E-state index contributed by atoms with van der Waals surface area (Å²) in [6.07, 6.45) is 0. The number of pyridine rings is 1. The normalized spacial score (nSPS) is 11.7. The molecule has 2 rings (SSSR count). The second-order valence-corrected chi connectivity index (χ2v) is 5.64. The first kappa shape index (κ1) is 14.4. The average molecular weight is 287 g/mol. The molecule has 0 aliphatic heterocycles. The number of amidine groups is 1. The third-order valence-corrected chi connectivity index (χ3v) is 4.14. The van der Waals surface area contributed by atoms with E-state index in [4.69, 9.17) is 10.9 Å². The van der Waals surface area contributed by atoms with Gasteiger partial charge >= 0.3 is 0 Å². The van der Waals surface area contributed by atoms with Gasteiger partial charge in [0.05, 0.1) is 5.56 Å². The smallest absolute Gasteiger partial charge is 0.173 e. The maximum atomic E-state index is 8.95. The van der Waals surface area contributed by atoms with Crippen LogP contribution in [0.2, 0.25) is 0 Å². The molecule has 0 atom stereocenters. The van der Waals surface area contributed by atoms with E-state index in [1.807, 2.05) is 51.1 Å². The summed E-state index contributed by atoms with van der Waals surface area (Å²) in [4.78, 5) is 5.64. The predicted molar refractivity (Wildman–Crippen MR) is 81.5 cm³/mol. The summed E-state index contributed by atoms with van der Waals surface area (Å²) >= 11 is 1.53. The highest BCUT2D eigenvalue weighted by molar-refractivity contribution is 7.99. The number of aryl methyl sites for hydroxylation is 3. The summed E-state index contributed by atoms with van der Waals surface area (Å²) in [5.74, 6) is 0.0890. The monoisotopic (exact) mass is 287 g/mol. The zero-order valence-electron chi connectivity index (χ0n) is 11.7. The molecule has 0 spiro atoms. The van der Waals surface area contributed by atoms with Crippen LogP contribution in [-0.4, -0.2) is 16.0 Å². The highest BCUT2D eigenvalue weighted by Crippen LogP contribution is 2.32. The molecule has 0 amide bonds. The fourth-order valence-electron chi connectivity index (χ4n) is 2.01. The van der Waals surface area contributed by atoms with Gasteiger partial charge in [-0.25, -0.2) is 4.98 Å². The van der Waals surface area contributed by atoms with Crippen molar-refractivity contribution in [2.45, 2.75) is 30.7 Å². The second-order valence-electron chi connectivity index (χ2n) is 4.61. The Balaban J connectivity index is 2.53. The molecule has 2 aromatic rings. The highest BCUT2D eigenvalue weighted by atomic mass is 32.2. The van der Waals surface area contributed by atoms with Gasteiger partial charge in [-0.05, 0) is 44.0 Å². The van der Waals surface area contributed by atoms with Crippen LogP contribution in [0.1, 0.15) is 22.4 Å². The molecule has 1 aromatic carbocycles. The number of nitrogens with zero attached hydrogens (tertiary/aromatic N) is 2. The Morgan fingerprint density at radius 3 is 2.55 bits per heavy atom. The van der Waals surface area contributed by atoms with Gasteiger partial charge < -0.3 is 10.9 Å². The fraction of sp³-hybridized carbons (Fsp3) is 0.200. The molecule has 1 aromatic heterocycles. The number of aromatic nitrogens is 1. The Hall–Kier alpha value is -2.01. The molecule has 104 valence electrons. The zero-order chi connectivity index (χ0) is 14.7. The van der Waals surface area contributed by atoms with Crippen molar-refractivity contribution in [1.82, 2.24) is 4.98 Å². The summed E-state index contributed by atoms with van der Waals surface area (Å²) in [7, 11) is 0. The molecule has 20 heavy (non-hydrogen) atoms. The summed E-state index contributed by atoms with van der Waals surface area (Å²) in [6, 6.07) is 10.00. The van der Waals surface area contributed by atoms with E-state index in [1.165, 1.54) is 17.3 Å². The molecule has 0 bridgehead atoms. The molecule has 0 radical (unpaired) electrons. The van der Waals surface area contributed by atoms with Crippen molar-refractivity contribution in [3.63, 3.8) is 0 Å². The lowest BCUT2D eigenvalue weighted by atomic mass is 10.1. The molecular formula is C15H17N3OS. The van der Waals surface area contributed by atoms with Crippen LogP contribution in [0.25, 0.3) is 0 Å². The maximum Gasteiger partial charge on any atom is 0.173 e. The largest absolute Gasteiger partial charge is 0.409 e. The molecule has 1 heterocycles. The number of rotatable bonds is 3. The van der Waals surface area contributed by atoms with E-state index in [1.54, 1.807) is 0 Å². The lowest BCUT2D eigenvalue weighted by molar-refractivity contribution is 0.318. The summed E-state index contributed by atoms with van der Waals surface area (Å²) in [5, 5.41) is 12.8. The van der Waals surface area contributed by atoms with E-state index >= 15 is 0 Å². The summed E-state index contributed by atoms with van der Waals surface area (Å²) < 4.78 is 0. The lowest BCUT2D eigenvalue weighted by Gasteiger charge is -2.12. The predicted octanol–water partition coefficient (Wildman–Crippen LogP) is 3.25. The molecule has 5 heteroatoms. The van der Waals surface area contributed by atoms with Gasteiger partial charge in [-0.2, -0.15) is 0 Å². The van der Waals surface area contributed by atoms with Crippen LogP contribution in [0.3, 0.4) is 0 Å². The van der Waals surface area contributed by atoms with Crippen molar-refractivity contribution in [2.24, 2.45) is 10.9 Å². The zero-order valence-corrected chi connectivity index (χ0v) is 12.5. The number of benzene rings is 1. The topological polar surface area (TPSA) is 71.5 Å². The molecule has 0 fully saturated rings. The fourth-order valence-corrected chi connectivity index (χ4v) is 3.15. The lowest BCUT2D eigenvalue weighted by Crippen LogP contribution is -2.17. The minimum absolute atomic E-state index is 0.0890. The first-order valence-corrected chi connectivity index (χ1v) is 7.04. The molecular weight excluding hydrogens is 270 g/mol. The van der Waals surface area contributed by atoms with Crippen LogP contribution in [-0.2, 0) is 0 Å². The van der Waals surface area contributed by atoms with Crippen molar-refractivity contribution in [2.75, 3.05) is 0 Å². The summed E-state index contributed by atoms with van der Waals surface area (Å²) in [5.41, 5.74) is 9.50. The van der Waals surface area contributed by atoms with Crippen molar-refractivity contribution in [3.05, 3.63) is 52.7 Å². The Kier molecular flexibility index (Phi) is 4.29. The molecule has 0 aliphatic carbocycles. The first-order valence-electron chi connectivity index (χ1n) is 6.22. The summed E-state index contributed by atoms with van der Waals surface area (Å²) in [6.45, 7) is 5.92. The first-order chi connectivity index (χ1) is 9.52. The Bertz CT molecular complexity index is 668. The number of oxime groups is 1. The van der Waals surface area contributed by atoms with E-state index in [0.717, 1.165) is 21.2 Å². The van der Waals surface area contributed by atoms with Crippen LogP contribution >= 0.6 is 11.8 Å². The van der Waals surface area contributed by atoms with Gasteiger partial charge in [-0.1, -0.05) is 35.1 Å². The Morgan fingerprint density at radius 2 is 1.90 bits per heavy atom. The molecule has 0 saturated carbocycles. The average Bonchev–Trinajstić information content (AvgIpc) is 2.40. The van der Waals surface area contributed by atoms with Gasteiger partial charge in [0.1, 0.15) is 5.03 Å². The van der Waals surface area contributed by atoms with Crippen molar-refractivity contribution in [3.8, 4) is 0 Å². The number of hydrogen-bond donors (Lipinski definition) is 2. The molecule has 0 unspecified atom stereocenters. The van der Waals surface area contributed by atoms with Gasteiger partial charge in [0, 0.05) is 10.6 Å². The van der Waals surface area contributed by atoms with E-state index in [0.29, 0.717) is 5.56 Å². The van der Waals surface area contributed by atoms with Gasteiger partial charge in [-0.15, -0.1) is 0 Å². The third-order valence-electron chi connectivity index (χ3n) is 2.98. The van der Waals surface area contributed by atoms with Crippen LogP contribution in [0.5, 0.6) is 0 Å². The van der Waals surface area contributed by atoms with Crippen molar-refractivity contribution >= 4 is 17.6 Å². The highest BCUT2D eigenvalue weighted by Gasteiger charge is 2.15. The van der Waals surface area contributed by atoms with Crippen molar-refractivity contribution in [1.29, 1.82) is 0 Å². The Labute approximate surface area is 122 Å². The second kappa shape index (κ2) is 5.96. The molecule has 3 N–H and O–H groups in total. The van der Waals surface area contributed by atoms with E-state index in [9.17, 15) is 0 Å². The minimum atomic E-state index is 0.0890. The number of hydrogen-bond acceptors (Lipinski definition) is 4. The van der Waals surface area contributed by atoms with Gasteiger partial charge in [0.25, 0.3) is 0 Å². The van der Waals surface area contributed by atoms with Crippen LogP contribution in [0, 0.1) is 20.8 Å². The van der Waals surface area contributed by atoms with Gasteiger partial charge in [0.15, 0.2) is 5.84 Å². The molecule has 4 nitrogen and oxygen atoms in total. The SMILES string of the molecule is Cc1cc(C)c(C(N)=NO)c(Sc2ccccc2C)n1.